The Balaban J connectivity index is 1.20. The smallest absolute Gasteiger partial charge is 0.289 e. The summed E-state index contributed by atoms with van der Waals surface area (Å²) in [7, 11) is 0. The highest BCUT2D eigenvalue weighted by Gasteiger charge is 2.23. The van der Waals surface area contributed by atoms with Crippen molar-refractivity contribution in [3.05, 3.63) is 78.3 Å². The quantitative estimate of drug-likeness (QED) is 0.463. The maximum atomic E-state index is 12.4. The molecule has 188 valence electrons. The summed E-state index contributed by atoms with van der Waals surface area (Å²) in [4.78, 5) is 28.7. The third kappa shape index (κ3) is 6.63. The number of amides is 2. The van der Waals surface area contributed by atoms with Gasteiger partial charge in [0.05, 0.1) is 6.26 Å². The minimum absolute atomic E-state index is 0.0795. The zero-order chi connectivity index (χ0) is 25.5. The normalized spacial score (nSPS) is 13.4. The molecule has 4 rings (SSSR count). The van der Waals surface area contributed by atoms with Crippen LogP contribution in [0.2, 0.25) is 0 Å². The highest BCUT2D eigenvalue weighted by Crippen LogP contribution is 2.21. The van der Waals surface area contributed by atoms with Gasteiger partial charge in [0.2, 0.25) is 0 Å². The van der Waals surface area contributed by atoms with Crippen molar-refractivity contribution in [3.63, 3.8) is 0 Å². The molecule has 8 nitrogen and oxygen atoms in total. The molecule has 2 N–H and O–H groups in total. The lowest BCUT2D eigenvalue weighted by atomic mass is 10.0. The van der Waals surface area contributed by atoms with Crippen LogP contribution < -0.4 is 20.3 Å². The second-order valence-electron chi connectivity index (χ2n) is 8.82. The molecule has 36 heavy (non-hydrogen) atoms. The maximum Gasteiger partial charge on any atom is 0.289 e. The molecule has 0 unspecified atom stereocenters. The van der Waals surface area contributed by atoms with Crippen LogP contribution in [0.3, 0.4) is 0 Å². The summed E-state index contributed by atoms with van der Waals surface area (Å²) in [5.41, 5.74) is 3.03. The van der Waals surface area contributed by atoms with Crippen molar-refractivity contribution >= 4 is 40.5 Å². The van der Waals surface area contributed by atoms with Gasteiger partial charge in [0.25, 0.3) is 11.8 Å². The summed E-state index contributed by atoms with van der Waals surface area (Å²) in [6.07, 6.45) is 1.51. The lowest BCUT2D eigenvalue weighted by molar-refractivity contribution is -0.121. The molecule has 2 amide bonds. The lowest BCUT2D eigenvalue weighted by Crippen LogP contribution is -2.48. The van der Waals surface area contributed by atoms with Gasteiger partial charge in [-0.15, -0.1) is 0 Å². The zero-order valence-electron chi connectivity index (χ0n) is 20.4. The zero-order valence-corrected chi connectivity index (χ0v) is 21.2. The number of nitrogens with one attached hydrogen (secondary N) is 2. The Bertz CT molecular complexity index is 1170. The molecular formula is C27H30N4O4S. The monoisotopic (exact) mass is 506 g/mol. The van der Waals surface area contributed by atoms with E-state index in [1.165, 1.54) is 11.8 Å². The number of hydrogen-bond donors (Lipinski definition) is 2. The van der Waals surface area contributed by atoms with Crippen LogP contribution in [0.25, 0.3) is 0 Å². The van der Waals surface area contributed by atoms with E-state index in [9.17, 15) is 9.59 Å². The van der Waals surface area contributed by atoms with Crippen molar-refractivity contribution in [1.29, 1.82) is 0 Å². The van der Waals surface area contributed by atoms with Crippen LogP contribution in [-0.2, 0) is 4.79 Å². The topological polar surface area (TPSA) is 87.0 Å². The number of benzene rings is 2. The Labute approximate surface area is 216 Å². The predicted octanol–water partition coefficient (Wildman–Crippen LogP) is 4.26. The summed E-state index contributed by atoms with van der Waals surface area (Å²) in [6.45, 7) is 6.83. The second-order valence-corrected chi connectivity index (χ2v) is 9.23. The number of nitrogens with zero attached hydrogens (tertiary/aromatic N) is 2. The number of carbonyl (C=O) groups is 2. The Hall–Kier alpha value is -3.85. The van der Waals surface area contributed by atoms with Crippen LogP contribution in [0, 0.1) is 0 Å². The van der Waals surface area contributed by atoms with Gasteiger partial charge >= 0.3 is 0 Å². The molecule has 1 aliphatic heterocycles. The number of piperazine rings is 1. The van der Waals surface area contributed by atoms with Crippen LogP contribution in [0.1, 0.15) is 35.9 Å². The van der Waals surface area contributed by atoms with Crippen LogP contribution in [0.5, 0.6) is 5.75 Å². The van der Waals surface area contributed by atoms with E-state index < -0.39 is 0 Å². The summed E-state index contributed by atoms with van der Waals surface area (Å²) in [6, 6.07) is 18.9. The van der Waals surface area contributed by atoms with Gasteiger partial charge in [0.15, 0.2) is 17.5 Å². The number of thiocarbonyl (C=S) groups is 1. The van der Waals surface area contributed by atoms with Crippen molar-refractivity contribution in [1.82, 2.24) is 10.2 Å². The first-order valence-corrected chi connectivity index (χ1v) is 12.3. The average molecular weight is 507 g/mol. The van der Waals surface area contributed by atoms with E-state index in [4.69, 9.17) is 21.4 Å². The van der Waals surface area contributed by atoms with Gasteiger partial charge in [-0.2, -0.15) is 0 Å². The number of anilines is 2. The highest BCUT2D eigenvalue weighted by atomic mass is 32.1. The van der Waals surface area contributed by atoms with Gasteiger partial charge in [-0.1, -0.05) is 26.0 Å². The summed E-state index contributed by atoms with van der Waals surface area (Å²) < 4.78 is 10.8. The van der Waals surface area contributed by atoms with Crippen LogP contribution in [0.15, 0.2) is 71.3 Å². The van der Waals surface area contributed by atoms with E-state index in [1.54, 1.807) is 17.0 Å². The fourth-order valence-corrected chi connectivity index (χ4v) is 4.13. The van der Waals surface area contributed by atoms with Crippen LogP contribution in [-0.4, -0.2) is 54.6 Å². The molecule has 0 saturated carbocycles. The molecule has 1 aliphatic rings. The second kappa shape index (κ2) is 11.7. The first-order valence-electron chi connectivity index (χ1n) is 11.9. The molecule has 0 radical (unpaired) electrons. The SMILES string of the molecule is CC(C)c1ccc(OCC(=O)NC(=S)Nc2ccc(N3CCN(C(=O)c4ccco4)CC3)cc2)cc1. The summed E-state index contributed by atoms with van der Waals surface area (Å²) >= 11 is 5.26. The minimum atomic E-state index is -0.334. The molecule has 0 spiro atoms. The van der Waals surface area contributed by atoms with Gasteiger partial charge in [-0.25, -0.2) is 0 Å². The van der Waals surface area contributed by atoms with Gasteiger partial charge in [0, 0.05) is 37.6 Å². The third-order valence-electron chi connectivity index (χ3n) is 5.96. The maximum absolute atomic E-state index is 12.4. The van der Waals surface area contributed by atoms with Crippen LogP contribution >= 0.6 is 12.2 Å². The minimum Gasteiger partial charge on any atom is -0.484 e. The van der Waals surface area contributed by atoms with Crippen molar-refractivity contribution in [2.24, 2.45) is 0 Å². The molecule has 2 heterocycles. The molecule has 3 aromatic rings. The van der Waals surface area contributed by atoms with E-state index in [0.717, 1.165) is 24.5 Å². The molecule has 0 bridgehead atoms. The van der Waals surface area contributed by atoms with Crippen molar-refractivity contribution in [2.45, 2.75) is 19.8 Å². The predicted molar refractivity (Wildman–Crippen MR) is 144 cm³/mol. The lowest BCUT2D eigenvalue weighted by Gasteiger charge is -2.35. The summed E-state index contributed by atoms with van der Waals surface area (Å²) in [5.74, 6) is 1.03. The van der Waals surface area contributed by atoms with E-state index in [-0.39, 0.29) is 23.5 Å². The number of rotatable bonds is 7. The molecular weight excluding hydrogens is 476 g/mol. The molecule has 1 fully saturated rings. The fourth-order valence-electron chi connectivity index (χ4n) is 3.90. The Morgan fingerprint density at radius 2 is 1.69 bits per heavy atom. The van der Waals surface area contributed by atoms with Gasteiger partial charge in [0.1, 0.15) is 5.75 Å². The van der Waals surface area contributed by atoms with Crippen LogP contribution in [0.4, 0.5) is 11.4 Å². The summed E-state index contributed by atoms with van der Waals surface area (Å²) in [5, 5.41) is 5.86. The first kappa shape index (κ1) is 25.2. The number of furan rings is 1. The molecule has 9 heteroatoms. The van der Waals surface area contributed by atoms with Gasteiger partial charge in [-0.05, 0) is 72.2 Å². The Kier molecular flexibility index (Phi) is 8.22. The molecule has 1 aromatic heterocycles. The van der Waals surface area contributed by atoms with Gasteiger partial charge in [-0.3, -0.25) is 14.9 Å². The van der Waals surface area contributed by atoms with Crippen molar-refractivity contribution < 1.29 is 18.7 Å². The van der Waals surface area contributed by atoms with E-state index in [2.05, 4.69) is 29.4 Å². The standard InChI is InChI=1S/C27H30N4O4S/c1-19(2)20-5-11-23(12-6-20)35-18-25(32)29-27(36)28-21-7-9-22(10-8-21)30-13-15-31(16-14-30)26(33)24-4-3-17-34-24/h3-12,17,19H,13-16,18H2,1-2H3,(H2,28,29,32,36). The molecule has 0 atom stereocenters. The first-order chi connectivity index (χ1) is 17.4. The number of ether oxygens (including phenoxy) is 1. The van der Waals surface area contributed by atoms with E-state index in [0.29, 0.717) is 30.5 Å². The van der Waals surface area contributed by atoms with Crippen molar-refractivity contribution in [2.75, 3.05) is 43.0 Å². The highest BCUT2D eigenvalue weighted by molar-refractivity contribution is 7.80. The Morgan fingerprint density at radius 3 is 2.31 bits per heavy atom. The number of hydrogen-bond acceptors (Lipinski definition) is 6. The number of carbonyl (C=O) groups excluding carboxylic acids is 2. The molecule has 2 aromatic carbocycles. The molecule has 0 aliphatic carbocycles. The Morgan fingerprint density at radius 1 is 1.00 bits per heavy atom. The van der Waals surface area contributed by atoms with E-state index in [1.807, 2.05) is 48.5 Å². The fraction of sp³-hybridized carbons (Fsp3) is 0.296. The average Bonchev–Trinajstić information content (AvgIpc) is 3.43. The van der Waals surface area contributed by atoms with Crippen molar-refractivity contribution in [3.8, 4) is 5.75 Å². The van der Waals surface area contributed by atoms with Gasteiger partial charge < -0.3 is 24.3 Å². The largest absolute Gasteiger partial charge is 0.484 e. The van der Waals surface area contributed by atoms with E-state index >= 15 is 0 Å². The third-order valence-corrected chi connectivity index (χ3v) is 6.16. The molecule has 1 saturated heterocycles.